The van der Waals surface area contributed by atoms with Crippen LogP contribution in [-0.4, -0.2) is 19.1 Å². The normalized spacial score (nSPS) is 17.2. The Hall–Kier alpha value is -2.33. The zero-order valence-electron chi connectivity index (χ0n) is 12.4. The highest BCUT2D eigenvalue weighted by atomic mass is 16.5. The third kappa shape index (κ3) is 3.65. The number of para-hydroxylation sites is 1. The molecule has 1 amide bonds. The molecular formula is C18H20N2O2. The van der Waals surface area contributed by atoms with E-state index in [0.717, 1.165) is 17.7 Å². The molecule has 1 atom stereocenters. The topological polar surface area (TPSA) is 41.6 Å². The van der Waals surface area contributed by atoms with E-state index in [9.17, 15) is 4.79 Å². The highest BCUT2D eigenvalue weighted by Gasteiger charge is 2.25. The standard InChI is InChI=1S/C18H20N2O2/c21-18(16-11-12-22-14-16)19-20(17-9-5-2-6-10-17)13-15-7-3-1-4-8-15/h1-10,16H,11-14H2,(H,19,21)/t16-/m1/s1. The van der Waals surface area contributed by atoms with Crippen LogP contribution in [-0.2, 0) is 16.1 Å². The molecular weight excluding hydrogens is 276 g/mol. The largest absolute Gasteiger partial charge is 0.381 e. The first-order valence-corrected chi connectivity index (χ1v) is 7.58. The lowest BCUT2D eigenvalue weighted by Gasteiger charge is -2.26. The molecule has 4 nitrogen and oxygen atoms in total. The molecule has 1 fully saturated rings. The molecule has 0 saturated carbocycles. The first kappa shape index (κ1) is 14.6. The number of hydrazine groups is 1. The number of carbonyl (C=O) groups is 1. The van der Waals surface area contributed by atoms with Crippen molar-refractivity contribution in [1.82, 2.24) is 5.43 Å². The van der Waals surface area contributed by atoms with Crippen molar-refractivity contribution in [1.29, 1.82) is 0 Å². The van der Waals surface area contributed by atoms with Crippen LogP contribution in [0.2, 0.25) is 0 Å². The summed E-state index contributed by atoms with van der Waals surface area (Å²) in [6, 6.07) is 20.0. The van der Waals surface area contributed by atoms with Crippen LogP contribution < -0.4 is 10.4 Å². The van der Waals surface area contributed by atoms with Crippen molar-refractivity contribution < 1.29 is 9.53 Å². The molecule has 1 N–H and O–H groups in total. The van der Waals surface area contributed by atoms with Crippen molar-refractivity contribution in [3.8, 4) is 0 Å². The average Bonchev–Trinajstić information content (AvgIpc) is 3.11. The Balaban J connectivity index is 1.75. The molecule has 2 aromatic carbocycles. The van der Waals surface area contributed by atoms with E-state index in [1.807, 2.05) is 53.5 Å². The SMILES string of the molecule is O=C(NN(Cc1ccccc1)c1ccccc1)[C@@H]1CCOC1. The molecule has 2 aromatic rings. The summed E-state index contributed by atoms with van der Waals surface area (Å²) in [5.41, 5.74) is 5.16. The van der Waals surface area contributed by atoms with Crippen LogP contribution in [0.1, 0.15) is 12.0 Å². The maximum absolute atomic E-state index is 12.4. The van der Waals surface area contributed by atoms with Gasteiger partial charge in [0.15, 0.2) is 0 Å². The van der Waals surface area contributed by atoms with Gasteiger partial charge in [-0.05, 0) is 24.1 Å². The molecule has 0 unspecified atom stereocenters. The zero-order valence-corrected chi connectivity index (χ0v) is 12.4. The van der Waals surface area contributed by atoms with E-state index in [4.69, 9.17) is 4.74 Å². The molecule has 114 valence electrons. The van der Waals surface area contributed by atoms with Gasteiger partial charge in [-0.3, -0.25) is 15.2 Å². The van der Waals surface area contributed by atoms with E-state index in [2.05, 4.69) is 17.6 Å². The van der Waals surface area contributed by atoms with Crippen LogP contribution >= 0.6 is 0 Å². The van der Waals surface area contributed by atoms with Gasteiger partial charge >= 0.3 is 0 Å². The van der Waals surface area contributed by atoms with Gasteiger partial charge in [0.2, 0.25) is 5.91 Å². The summed E-state index contributed by atoms with van der Waals surface area (Å²) in [4.78, 5) is 12.4. The molecule has 0 spiro atoms. The second-order valence-corrected chi connectivity index (χ2v) is 5.44. The van der Waals surface area contributed by atoms with E-state index >= 15 is 0 Å². The van der Waals surface area contributed by atoms with Crippen LogP contribution in [0.4, 0.5) is 5.69 Å². The number of ether oxygens (including phenoxy) is 1. The third-order valence-corrected chi connectivity index (χ3v) is 3.80. The lowest BCUT2D eigenvalue weighted by molar-refractivity contribution is -0.125. The number of nitrogens with zero attached hydrogens (tertiary/aromatic N) is 1. The Morgan fingerprint density at radius 2 is 1.77 bits per heavy atom. The second-order valence-electron chi connectivity index (χ2n) is 5.44. The number of rotatable bonds is 5. The molecule has 0 aromatic heterocycles. The van der Waals surface area contributed by atoms with E-state index in [1.54, 1.807) is 0 Å². The van der Waals surface area contributed by atoms with Crippen LogP contribution in [0.15, 0.2) is 60.7 Å². The van der Waals surface area contributed by atoms with E-state index in [1.165, 1.54) is 0 Å². The molecule has 0 bridgehead atoms. The van der Waals surface area contributed by atoms with E-state index in [0.29, 0.717) is 19.8 Å². The maximum Gasteiger partial charge on any atom is 0.244 e. The van der Waals surface area contributed by atoms with Gasteiger partial charge in [0.1, 0.15) is 0 Å². The first-order chi connectivity index (χ1) is 10.8. The lowest BCUT2D eigenvalue weighted by Crippen LogP contribution is -2.45. The quantitative estimate of drug-likeness (QED) is 0.863. The third-order valence-electron chi connectivity index (χ3n) is 3.80. The van der Waals surface area contributed by atoms with Gasteiger partial charge in [0.25, 0.3) is 0 Å². The second kappa shape index (κ2) is 7.09. The fraction of sp³-hybridized carbons (Fsp3) is 0.278. The summed E-state index contributed by atoms with van der Waals surface area (Å²) in [5, 5.41) is 1.90. The van der Waals surface area contributed by atoms with Crippen LogP contribution in [0.3, 0.4) is 0 Å². The molecule has 1 saturated heterocycles. The monoisotopic (exact) mass is 296 g/mol. The minimum Gasteiger partial charge on any atom is -0.381 e. The van der Waals surface area contributed by atoms with Gasteiger partial charge in [0, 0.05) is 6.61 Å². The predicted molar refractivity (Wildman–Crippen MR) is 86.1 cm³/mol. The first-order valence-electron chi connectivity index (χ1n) is 7.58. The fourth-order valence-corrected chi connectivity index (χ4v) is 2.53. The Morgan fingerprint density at radius 3 is 2.41 bits per heavy atom. The Bertz CT molecular complexity index is 595. The van der Waals surface area contributed by atoms with Gasteiger partial charge in [-0.2, -0.15) is 0 Å². The smallest absolute Gasteiger partial charge is 0.244 e. The number of benzene rings is 2. The van der Waals surface area contributed by atoms with Crippen LogP contribution in [0, 0.1) is 5.92 Å². The fourth-order valence-electron chi connectivity index (χ4n) is 2.53. The molecule has 22 heavy (non-hydrogen) atoms. The number of nitrogens with one attached hydrogen (secondary N) is 1. The summed E-state index contributed by atoms with van der Waals surface area (Å²) in [5.74, 6) is -0.0285. The van der Waals surface area contributed by atoms with Crippen molar-refractivity contribution in [2.75, 3.05) is 18.2 Å². The molecule has 0 aliphatic carbocycles. The van der Waals surface area contributed by atoms with Gasteiger partial charge in [-0.15, -0.1) is 0 Å². The Labute approximate surface area is 130 Å². The summed E-state index contributed by atoms with van der Waals surface area (Å²) in [6.07, 6.45) is 0.791. The summed E-state index contributed by atoms with van der Waals surface area (Å²) < 4.78 is 5.30. The highest BCUT2D eigenvalue weighted by Crippen LogP contribution is 2.17. The van der Waals surface area contributed by atoms with Gasteiger partial charge in [0.05, 0.1) is 24.8 Å². The van der Waals surface area contributed by atoms with Crippen molar-refractivity contribution in [2.45, 2.75) is 13.0 Å². The number of carbonyl (C=O) groups excluding carboxylic acids is 1. The Kier molecular flexibility index (Phi) is 4.71. The molecule has 1 aliphatic heterocycles. The van der Waals surface area contributed by atoms with Crippen LogP contribution in [0.25, 0.3) is 0 Å². The van der Waals surface area contributed by atoms with E-state index in [-0.39, 0.29) is 11.8 Å². The number of anilines is 1. The molecule has 3 rings (SSSR count). The number of hydrogen-bond acceptors (Lipinski definition) is 3. The summed E-state index contributed by atoms with van der Waals surface area (Å²) in [7, 11) is 0. The maximum atomic E-state index is 12.4. The van der Waals surface area contributed by atoms with Crippen LogP contribution in [0.5, 0.6) is 0 Å². The highest BCUT2D eigenvalue weighted by molar-refractivity contribution is 5.80. The Morgan fingerprint density at radius 1 is 1.09 bits per heavy atom. The van der Waals surface area contributed by atoms with Crippen molar-refractivity contribution in [2.24, 2.45) is 5.92 Å². The summed E-state index contributed by atoms with van der Waals surface area (Å²) in [6.45, 7) is 1.81. The zero-order chi connectivity index (χ0) is 15.2. The van der Waals surface area contributed by atoms with E-state index < -0.39 is 0 Å². The van der Waals surface area contributed by atoms with Gasteiger partial charge < -0.3 is 4.74 Å². The number of amides is 1. The van der Waals surface area contributed by atoms with Gasteiger partial charge in [-0.25, -0.2) is 0 Å². The minimum atomic E-state index is -0.0537. The van der Waals surface area contributed by atoms with Crippen molar-refractivity contribution in [3.63, 3.8) is 0 Å². The molecule has 0 radical (unpaired) electrons. The average molecular weight is 296 g/mol. The lowest BCUT2D eigenvalue weighted by atomic mass is 10.1. The van der Waals surface area contributed by atoms with Crippen molar-refractivity contribution in [3.05, 3.63) is 66.2 Å². The molecule has 1 aliphatic rings. The molecule has 4 heteroatoms. The number of hydrogen-bond donors (Lipinski definition) is 1. The summed E-state index contributed by atoms with van der Waals surface area (Å²) >= 11 is 0. The minimum absolute atomic E-state index is 0.0253. The van der Waals surface area contributed by atoms with Gasteiger partial charge in [-0.1, -0.05) is 48.5 Å². The predicted octanol–water partition coefficient (Wildman–Crippen LogP) is 2.76. The van der Waals surface area contributed by atoms with Crippen molar-refractivity contribution >= 4 is 11.6 Å². The molecule has 1 heterocycles.